The number of hydrogen-bond donors (Lipinski definition) is 0. The van der Waals surface area contributed by atoms with Gasteiger partial charge in [-0.25, -0.2) is 14.6 Å². The fourth-order valence-electron chi connectivity index (χ4n) is 3.66. The van der Waals surface area contributed by atoms with Crippen molar-refractivity contribution in [3.8, 4) is 11.1 Å². The normalized spacial score (nSPS) is 15.2. The van der Waals surface area contributed by atoms with E-state index < -0.39 is 5.60 Å². The number of fused-ring (bicyclic) bond motifs is 1. The number of likely N-dealkylation sites (tertiary alicyclic amines) is 1. The summed E-state index contributed by atoms with van der Waals surface area (Å²) in [6.07, 6.45) is 1.35. The van der Waals surface area contributed by atoms with Crippen LogP contribution in [0.5, 0.6) is 0 Å². The summed E-state index contributed by atoms with van der Waals surface area (Å²) in [5.41, 5.74) is 3.81. The van der Waals surface area contributed by atoms with Crippen LogP contribution in [-0.4, -0.2) is 34.7 Å². The maximum atomic E-state index is 12.3. The molecule has 6 nitrogen and oxygen atoms in total. The first-order valence-corrected chi connectivity index (χ1v) is 10.2. The molecule has 1 aliphatic heterocycles. The van der Waals surface area contributed by atoms with Crippen molar-refractivity contribution in [2.24, 2.45) is 0 Å². The van der Waals surface area contributed by atoms with E-state index in [9.17, 15) is 4.79 Å². The van der Waals surface area contributed by atoms with E-state index in [4.69, 9.17) is 20.7 Å². The zero-order valence-corrected chi connectivity index (χ0v) is 17.5. The number of piperidine rings is 1. The van der Waals surface area contributed by atoms with Gasteiger partial charge in [-0.05, 0) is 56.9 Å². The second-order valence-corrected chi connectivity index (χ2v) is 8.63. The average Bonchev–Trinajstić information content (AvgIpc) is 3.16. The smallest absolute Gasteiger partial charge is 0.410 e. The van der Waals surface area contributed by atoms with Gasteiger partial charge in [-0.15, -0.1) is 0 Å². The number of oxazole rings is 1. The van der Waals surface area contributed by atoms with Crippen LogP contribution in [-0.2, 0) is 4.74 Å². The number of amides is 1. The van der Waals surface area contributed by atoms with Crippen molar-refractivity contribution in [3.63, 3.8) is 0 Å². The zero-order chi connectivity index (χ0) is 21.3. The van der Waals surface area contributed by atoms with Crippen LogP contribution in [0.15, 0.2) is 46.9 Å². The first-order valence-electron chi connectivity index (χ1n) is 10.2. The highest BCUT2D eigenvalue weighted by Crippen LogP contribution is 2.32. The highest BCUT2D eigenvalue weighted by Gasteiger charge is 2.29. The van der Waals surface area contributed by atoms with Gasteiger partial charge in [-0.2, -0.15) is 0 Å². The van der Waals surface area contributed by atoms with Gasteiger partial charge in [0.25, 0.3) is 0 Å². The molecule has 1 saturated heterocycles. The molecule has 0 atom stereocenters. The number of carbonyl (C=O) groups excluding carboxylic acids is 1. The minimum atomic E-state index is -0.484. The minimum absolute atomic E-state index is 0.192. The van der Waals surface area contributed by atoms with Crippen LogP contribution in [0.3, 0.4) is 0 Å². The third-order valence-electron chi connectivity index (χ3n) is 5.23. The molecule has 0 N–H and O–H groups in total. The molecule has 0 radical (unpaired) electrons. The number of carbonyl (C=O) groups is 1. The van der Waals surface area contributed by atoms with Gasteiger partial charge in [0.05, 0.1) is 6.57 Å². The van der Waals surface area contributed by atoms with Crippen LogP contribution in [0, 0.1) is 6.57 Å². The molecule has 2 aromatic carbocycles. The summed E-state index contributed by atoms with van der Waals surface area (Å²) in [6, 6.07) is 13.5. The number of ether oxygens (including phenoxy) is 1. The van der Waals surface area contributed by atoms with Crippen LogP contribution in [0.25, 0.3) is 27.1 Å². The number of hydrogen-bond acceptors (Lipinski definition) is 4. The fourth-order valence-corrected chi connectivity index (χ4v) is 3.66. The van der Waals surface area contributed by atoms with Crippen molar-refractivity contribution in [2.45, 2.75) is 45.1 Å². The van der Waals surface area contributed by atoms with E-state index in [1.54, 1.807) is 4.90 Å². The van der Waals surface area contributed by atoms with E-state index in [-0.39, 0.29) is 12.0 Å². The quantitative estimate of drug-likeness (QED) is 0.481. The Morgan fingerprint density at radius 3 is 2.43 bits per heavy atom. The number of rotatable bonds is 2. The lowest BCUT2D eigenvalue weighted by Crippen LogP contribution is -2.41. The summed E-state index contributed by atoms with van der Waals surface area (Å²) in [7, 11) is 0. The highest BCUT2D eigenvalue weighted by molar-refractivity contribution is 5.81. The number of nitrogens with zero attached hydrogens (tertiary/aromatic N) is 3. The third kappa shape index (κ3) is 4.30. The summed E-state index contributed by atoms with van der Waals surface area (Å²) in [5, 5.41) is 0. The number of aromatic nitrogens is 1. The lowest BCUT2D eigenvalue weighted by atomic mass is 9.97. The Morgan fingerprint density at radius 1 is 1.13 bits per heavy atom. The lowest BCUT2D eigenvalue weighted by molar-refractivity contribution is 0.0199. The molecule has 3 aromatic rings. The van der Waals surface area contributed by atoms with E-state index in [1.807, 2.05) is 63.2 Å². The molecule has 30 heavy (non-hydrogen) atoms. The van der Waals surface area contributed by atoms with Gasteiger partial charge in [-0.3, -0.25) is 0 Å². The van der Waals surface area contributed by atoms with Gasteiger partial charge in [0.1, 0.15) is 11.1 Å². The van der Waals surface area contributed by atoms with Crippen LogP contribution in [0.1, 0.15) is 45.4 Å². The van der Waals surface area contributed by atoms with Gasteiger partial charge < -0.3 is 14.1 Å². The molecule has 0 aliphatic carbocycles. The third-order valence-corrected chi connectivity index (χ3v) is 5.23. The van der Waals surface area contributed by atoms with Gasteiger partial charge in [0.2, 0.25) is 0 Å². The molecule has 1 amide bonds. The monoisotopic (exact) mass is 403 g/mol. The second-order valence-electron chi connectivity index (χ2n) is 8.63. The molecule has 0 unspecified atom stereocenters. The molecule has 1 aliphatic rings. The molecular weight excluding hydrogens is 378 g/mol. The van der Waals surface area contributed by atoms with E-state index in [1.165, 1.54) is 0 Å². The summed E-state index contributed by atoms with van der Waals surface area (Å²) >= 11 is 0. The predicted octanol–water partition coefficient (Wildman–Crippen LogP) is 6.16. The van der Waals surface area contributed by atoms with Crippen LogP contribution in [0.4, 0.5) is 10.5 Å². The largest absolute Gasteiger partial charge is 0.444 e. The van der Waals surface area contributed by atoms with E-state index in [0.29, 0.717) is 18.8 Å². The SMILES string of the molecule is [C-]#[N+]c1ccc(-c2ccc3oc(C4CCN(C(=O)OC(C)(C)C)CC4)nc3c2)cc1. The molecule has 6 heteroatoms. The van der Waals surface area contributed by atoms with Crippen molar-refractivity contribution in [1.29, 1.82) is 0 Å². The Balaban J connectivity index is 1.47. The number of benzene rings is 2. The van der Waals surface area contributed by atoms with Gasteiger partial charge in [-0.1, -0.05) is 30.3 Å². The Morgan fingerprint density at radius 2 is 1.80 bits per heavy atom. The zero-order valence-electron chi connectivity index (χ0n) is 17.5. The van der Waals surface area contributed by atoms with Gasteiger partial charge in [0.15, 0.2) is 17.2 Å². The first kappa shape index (κ1) is 20.0. The summed E-state index contributed by atoms with van der Waals surface area (Å²) in [6.45, 7) is 14.0. The Kier molecular flexibility index (Phi) is 5.21. The lowest BCUT2D eigenvalue weighted by Gasteiger charge is -2.32. The predicted molar refractivity (Wildman–Crippen MR) is 115 cm³/mol. The topological polar surface area (TPSA) is 59.9 Å². The molecule has 2 heterocycles. The molecule has 0 spiro atoms. The summed E-state index contributed by atoms with van der Waals surface area (Å²) in [5.74, 6) is 0.923. The second kappa shape index (κ2) is 7.83. The summed E-state index contributed by atoms with van der Waals surface area (Å²) in [4.78, 5) is 22.2. The standard InChI is InChI=1S/C24H25N3O3/c1-24(2,3)30-23(28)27-13-11-17(12-14-27)22-26-20-15-18(7-10-21(20)29-22)16-5-8-19(25-4)9-6-16/h5-10,15,17H,11-14H2,1-3H3. The van der Waals surface area contributed by atoms with E-state index >= 15 is 0 Å². The Hall–Kier alpha value is -3.33. The van der Waals surface area contributed by atoms with Gasteiger partial charge >= 0.3 is 6.09 Å². The minimum Gasteiger partial charge on any atom is -0.444 e. The fraction of sp³-hybridized carbons (Fsp3) is 0.375. The van der Waals surface area contributed by atoms with Crippen LogP contribution >= 0.6 is 0 Å². The van der Waals surface area contributed by atoms with Crippen molar-refractivity contribution in [2.75, 3.05) is 13.1 Å². The van der Waals surface area contributed by atoms with Gasteiger partial charge in [0, 0.05) is 19.0 Å². The molecule has 154 valence electrons. The molecule has 1 aromatic heterocycles. The van der Waals surface area contributed by atoms with Crippen LogP contribution in [0.2, 0.25) is 0 Å². The average molecular weight is 403 g/mol. The van der Waals surface area contributed by atoms with Crippen molar-refractivity contribution in [3.05, 3.63) is 59.8 Å². The van der Waals surface area contributed by atoms with E-state index in [0.717, 1.165) is 41.0 Å². The maximum absolute atomic E-state index is 12.3. The van der Waals surface area contributed by atoms with Crippen LogP contribution < -0.4 is 0 Å². The van der Waals surface area contributed by atoms with E-state index in [2.05, 4.69) is 4.85 Å². The molecular formula is C24H25N3O3. The van der Waals surface area contributed by atoms with Crippen molar-refractivity contribution >= 4 is 22.9 Å². The Bertz CT molecular complexity index is 1100. The van der Waals surface area contributed by atoms with Crippen molar-refractivity contribution < 1.29 is 13.9 Å². The Labute approximate surface area is 176 Å². The highest BCUT2D eigenvalue weighted by atomic mass is 16.6. The molecule has 0 saturated carbocycles. The first-order chi connectivity index (χ1) is 14.3. The summed E-state index contributed by atoms with van der Waals surface area (Å²) < 4.78 is 11.5. The maximum Gasteiger partial charge on any atom is 0.410 e. The van der Waals surface area contributed by atoms with Crippen molar-refractivity contribution in [1.82, 2.24) is 9.88 Å². The molecule has 0 bridgehead atoms. The molecule has 1 fully saturated rings. The molecule has 4 rings (SSSR count).